The maximum atomic E-state index is 12.1. The molecule has 4 heteroatoms. The van der Waals surface area contributed by atoms with Gasteiger partial charge < -0.3 is 10.0 Å². The number of carbonyl (C=O) groups excluding carboxylic acids is 1. The van der Waals surface area contributed by atoms with Crippen molar-refractivity contribution in [2.45, 2.75) is 38.2 Å². The molecule has 0 aromatic rings. The zero-order valence-corrected chi connectivity index (χ0v) is 8.78. The Balaban J connectivity index is 2.04. The van der Waals surface area contributed by atoms with Gasteiger partial charge in [0.25, 0.3) is 0 Å². The summed E-state index contributed by atoms with van der Waals surface area (Å²) in [5.74, 6) is -0.0602. The molecular formula is C11H16N2O2. The van der Waals surface area contributed by atoms with Gasteiger partial charge in [0, 0.05) is 13.1 Å². The third-order valence-electron chi connectivity index (χ3n) is 3.51. The number of hydrogen-bond donors (Lipinski definition) is 1. The minimum absolute atomic E-state index is 0.0602. The Bertz CT molecular complexity index is 304. The Morgan fingerprint density at radius 2 is 2.20 bits per heavy atom. The molecule has 82 valence electrons. The number of amides is 1. The van der Waals surface area contributed by atoms with Crippen LogP contribution < -0.4 is 0 Å². The Hall–Kier alpha value is -1.08. The van der Waals surface area contributed by atoms with Crippen molar-refractivity contribution in [1.29, 1.82) is 5.26 Å². The third kappa shape index (κ3) is 1.72. The highest BCUT2D eigenvalue weighted by atomic mass is 16.3. The standard InChI is InChI=1S/C11H16N2O2/c12-8-11(4-2-5-11)10(15)13-6-1-3-9(14)7-13/h9,14H,1-7H2. The number of β-amino-alcohol motifs (C(OH)–C–C–N with tert-alkyl or cyclic N) is 1. The number of nitrogens with zero attached hydrogens (tertiary/aromatic N) is 2. The molecule has 0 radical (unpaired) electrons. The summed E-state index contributed by atoms with van der Waals surface area (Å²) in [6, 6.07) is 2.15. The van der Waals surface area contributed by atoms with Crippen LogP contribution in [0, 0.1) is 16.7 Å². The molecule has 1 unspecified atom stereocenters. The van der Waals surface area contributed by atoms with Crippen molar-refractivity contribution in [2.75, 3.05) is 13.1 Å². The molecule has 15 heavy (non-hydrogen) atoms. The van der Waals surface area contributed by atoms with E-state index in [1.807, 2.05) is 0 Å². The van der Waals surface area contributed by atoms with Crippen LogP contribution in [0.2, 0.25) is 0 Å². The van der Waals surface area contributed by atoms with Crippen molar-refractivity contribution >= 4 is 5.91 Å². The lowest BCUT2D eigenvalue weighted by atomic mass is 9.69. The topological polar surface area (TPSA) is 64.3 Å². The second-order valence-corrected chi connectivity index (χ2v) is 4.59. The van der Waals surface area contributed by atoms with Gasteiger partial charge in [-0.1, -0.05) is 0 Å². The van der Waals surface area contributed by atoms with E-state index in [1.54, 1.807) is 4.90 Å². The van der Waals surface area contributed by atoms with Gasteiger partial charge in [-0.25, -0.2) is 0 Å². The van der Waals surface area contributed by atoms with Crippen LogP contribution in [-0.2, 0) is 4.79 Å². The van der Waals surface area contributed by atoms with Gasteiger partial charge in [0.1, 0.15) is 5.41 Å². The fraction of sp³-hybridized carbons (Fsp3) is 0.818. The Labute approximate surface area is 89.5 Å². The number of rotatable bonds is 1. The first-order valence-electron chi connectivity index (χ1n) is 5.57. The quantitative estimate of drug-likeness (QED) is 0.688. The van der Waals surface area contributed by atoms with Gasteiger partial charge in [0.05, 0.1) is 12.2 Å². The van der Waals surface area contributed by atoms with E-state index in [-0.39, 0.29) is 5.91 Å². The second kappa shape index (κ2) is 3.82. The molecule has 1 heterocycles. The molecule has 1 N–H and O–H groups in total. The first-order valence-corrected chi connectivity index (χ1v) is 5.57. The summed E-state index contributed by atoms with van der Waals surface area (Å²) < 4.78 is 0. The Kier molecular flexibility index (Phi) is 2.66. The smallest absolute Gasteiger partial charge is 0.243 e. The fourth-order valence-corrected chi connectivity index (χ4v) is 2.35. The molecule has 1 atom stereocenters. The van der Waals surface area contributed by atoms with Gasteiger partial charge in [-0.3, -0.25) is 4.79 Å². The van der Waals surface area contributed by atoms with E-state index in [1.165, 1.54) is 0 Å². The molecule has 2 rings (SSSR count). The number of likely N-dealkylation sites (tertiary alicyclic amines) is 1. The van der Waals surface area contributed by atoms with Crippen LogP contribution in [0.3, 0.4) is 0 Å². The molecule has 1 amide bonds. The molecular weight excluding hydrogens is 192 g/mol. The first kappa shape index (κ1) is 10.4. The molecule has 0 aromatic carbocycles. The third-order valence-corrected chi connectivity index (χ3v) is 3.51. The lowest BCUT2D eigenvalue weighted by Crippen LogP contribution is -2.51. The van der Waals surface area contributed by atoms with Gasteiger partial charge >= 0.3 is 0 Å². The van der Waals surface area contributed by atoms with Crippen LogP contribution in [-0.4, -0.2) is 35.1 Å². The number of aliphatic hydroxyl groups is 1. The zero-order chi connectivity index (χ0) is 10.9. The molecule has 4 nitrogen and oxygen atoms in total. The Morgan fingerprint density at radius 3 is 2.67 bits per heavy atom. The maximum Gasteiger partial charge on any atom is 0.243 e. The van der Waals surface area contributed by atoms with Crippen LogP contribution in [0.25, 0.3) is 0 Å². The predicted molar refractivity (Wildman–Crippen MR) is 53.7 cm³/mol. The van der Waals surface area contributed by atoms with E-state index < -0.39 is 11.5 Å². The van der Waals surface area contributed by atoms with Gasteiger partial charge in [0.15, 0.2) is 0 Å². The van der Waals surface area contributed by atoms with E-state index >= 15 is 0 Å². The lowest BCUT2D eigenvalue weighted by Gasteiger charge is -2.40. The predicted octanol–water partition coefficient (Wildman–Crippen LogP) is 0.664. The van der Waals surface area contributed by atoms with E-state index in [0.717, 1.165) is 19.3 Å². The molecule has 0 bridgehead atoms. The summed E-state index contributed by atoms with van der Waals surface area (Å²) >= 11 is 0. The zero-order valence-electron chi connectivity index (χ0n) is 8.78. The maximum absolute atomic E-state index is 12.1. The van der Waals surface area contributed by atoms with Crippen LogP contribution in [0.15, 0.2) is 0 Å². The number of piperidine rings is 1. The summed E-state index contributed by atoms with van der Waals surface area (Å²) in [4.78, 5) is 13.7. The van der Waals surface area contributed by atoms with E-state index in [9.17, 15) is 9.90 Å². The second-order valence-electron chi connectivity index (χ2n) is 4.59. The molecule has 1 aliphatic heterocycles. The van der Waals surface area contributed by atoms with Gasteiger partial charge in [-0.05, 0) is 32.1 Å². The number of nitriles is 1. The van der Waals surface area contributed by atoms with Crippen LogP contribution >= 0.6 is 0 Å². The summed E-state index contributed by atoms with van der Waals surface area (Å²) in [7, 11) is 0. The van der Waals surface area contributed by atoms with Crippen molar-refractivity contribution in [3.05, 3.63) is 0 Å². The number of aliphatic hydroxyl groups excluding tert-OH is 1. The van der Waals surface area contributed by atoms with Crippen LogP contribution in [0.4, 0.5) is 0 Å². The van der Waals surface area contributed by atoms with E-state index in [2.05, 4.69) is 6.07 Å². The molecule has 2 fully saturated rings. The molecule has 1 saturated heterocycles. The van der Waals surface area contributed by atoms with Crippen LogP contribution in [0.1, 0.15) is 32.1 Å². The number of carbonyl (C=O) groups is 1. The normalized spacial score (nSPS) is 29.1. The van der Waals surface area contributed by atoms with Gasteiger partial charge in [-0.2, -0.15) is 5.26 Å². The van der Waals surface area contributed by atoms with Gasteiger partial charge in [-0.15, -0.1) is 0 Å². The highest BCUT2D eigenvalue weighted by Crippen LogP contribution is 2.42. The molecule has 0 aromatic heterocycles. The minimum atomic E-state index is -0.753. The largest absolute Gasteiger partial charge is 0.391 e. The molecule has 0 spiro atoms. The molecule has 2 aliphatic rings. The highest BCUT2D eigenvalue weighted by Gasteiger charge is 2.47. The summed E-state index contributed by atoms with van der Waals surface area (Å²) in [5.41, 5.74) is -0.753. The number of hydrogen-bond acceptors (Lipinski definition) is 3. The SMILES string of the molecule is N#CC1(C(=O)N2CCCC(O)C2)CCC1. The average Bonchev–Trinajstić information content (AvgIpc) is 2.17. The molecule has 1 saturated carbocycles. The molecule has 1 aliphatic carbocycles. The van der Waals surface area contributed by atoms with E-state index in [0.29, 0.717) is 25.9 Å². The van der Waals surface area contributed by atoms with Gasteiger partial charge in [0.2, 0.25) is 5.91 Å². The van der Waals surface area contributed by atoms with Crippen molar-refractivity contribution in [3.8, 4) is 6.07 Å². The fourth-order valence-electron chi connectivity index (χ4n) is 2.35. The summed E-state index contributed by atoms with van der Waals surface area (Å²) in [6.45, 7) is 1.10. The van der Waals surface area contributed by atoms with Crippen molar-refractivity contribution in [3.63, 3.8) is 0 Å². The average molecular weight is 208 g/mol. The van der Waals surface area contributed by atoms with Crippen LogP contribution in [0.5, 0.6) is 0 Å². The highest BCUT2D eigenvalue weighted by molar-refractivity contribution is 5.86. The van der Waals surface area contributed by atoms with Crippen molar-refractivity contribution < 1.29 is 9.90 Å². The van der Waals surface area contributed by atoms with Crippen molar-refractivity contribution in [2.24, 2.45) is 5.41 Å². The van der Waals surface area contributed by atoms with Crippen molar-refractivity contribution in [1.82, 2.24) is 4.90 Å². The monoisotopic (exact) mass is 208 g/mol. The first-order chi connectivity index (χ1) is 7.18. The van der Waals surface area contributed by atoms with E-state index in [4.69, 9.17) is 5.26 Å². The lowest BCUT2D eigenvalue weighted by molar-refractivity contribution is -0.146. The summed E-state index contributed by atoms with van der Waals surface area (Å²) in [5, 5.41) is 18.5. The Morgan fingerprint density at radius 1 is 1.47 bits per heavy atom. The summed E-state index contributed by atoms with van der Waals surface area (Å²) in [6.07, 6.45) is 3.55. The minimum Gasteiger partial charge on any atom is -0.391 e.